The van der Waals surface area contributed by atoms with Crippen LogP contribution in [0.5, 0.6) is 0 Å². The molecule has 1 aromatic carbocycles. The lowest BCUT2D eigenvalue weighted by Crippen LogP contribution is -2.35. The highest BCUT2D eigenvalue weighted by molar-refractivity contribution is 5.92. The number of carbonyl (C=O) groups excluding carboxylic acids is 2. The molecule has 0 aromatic heterocycles. The van der Waals surface area contributed by atoms with Gasteiger partial charge in [0.05, 0.1) is 10.5 Å². The first-order valence-corrected chi connectivity index (χ1v) is 6.89. The Labute approximate surface area is 133 Å². The lowest BCUT2D eigenvalue weighted by Gasteiger charge is -2.20. The molecule has 1 aromatic rings. The zero-order valence-electron chi connectivity index (χ0n) is 13.1. The van der Waals surface area contributed by atoms with Gasteiger partial charge in [-0.25, -0.2) is 4.79 Å². The highest BCUT2D eigenvalue weighted by Crippen LogP contribution is 2.22. The fraction of sp³-hybridized carbons (Fsp3) is 0.333. The summed E-state index contributed by atoms with van der Waals surface area (Å²) in [5.41, 5.74) is 5.78. The Balaban J connectivity index is 2.73. The summed E-state index contributed by atoms with van der Waals surface area (Å²) >= 11 is 0. The normalized spacial score (nSPS) is 10.0. The topological polar surface area (TPSA) is 116 Å². The van der Waals surface area contributed by atoms with Gasteiger partial charge in [0.2, 0.25) is 0 Å². The van der Waals surface area contributed by atoms with E-state index in [2.05, 4.69) is 6.58 Å². The number of amides is 1. The van der Waals surface area contributed by atoms with Crippen LogP contribution in [0, 0.1) is 10.1 Å². The molecule has 8 nitrogen and oxygen atoms in total. The zero-order valence-corrected chi connectivity index (χ0v) is 13.1. The predicted molar refractivity (Wildman–Crippen MR) is 84.9 cm³/mol. The minimum absolute atomic E-state index is 0.0401. The number of hydrogen-bond acceptors (Lipinski definition) is 6. The number of rotatable bonds is 7. The molecule has 0 aliphatic carbocycles. The van der Waals surface area contributed by atoms with Crippen LogP contribution in [0.1, 0.15) is 24.2 Å². The largest absolute Gasteiger partial charge is 0.452 e. The first kappa shape index (κ1) is 18.1. The van der Waals surface area contributed by atoms with Crippen molar-refractivity contribution in [2.75, 3.05) is 25.4 Å². The zero-order chi connectivity index (χ0) is 17.6. The highest BCUT2D eigenvalue weighted by atomic mass is 16.6. The van der Waals surface area contributed by atoms with Gasteiger partial charge in [-0.05, 0) is 26.0 Å². The number of esters is 1. The van der Waals surface area contributed by atoms with E-state index < -0.39 is 17.5 Å². The molecule has 0 unspecified atom stereocenters. The number of hydrogen-bond donors (Lipinski definition) is 1. The van der Waals surface area contributed by atoms with Crippen LogP contribution in [-0.4, -0.2) is 41.4 Å². The van der Waals surface area contributed by atoms with Crippen molar-refractivity contribution in [3.8, 4) is 0 Å². The number of carbonyl (C=O) groups is 2. The van der Waals surface area contributed by atoms with Crippen molar-refractivity contribution in [1.29, 1.82) is 0 Å². The van der Waals surface area contributed by atoms with E-state index in [0.717, 1.165) is 11.6 Å². The molecule has 8 heteroatoms. The van der Waals surface area contributed by atoms with Crippen molar-refractivity contribution < 1.29 is 19.2 Å². The molecule has 1 rings (SSSR count). The fourth-order valence-corrected chi connectivity index (χ4v) is 1.83. The number of nitro groups is 1. The van der Waals surface area contributed by atoms with Gasteiger partial charge < -0.3 is 15.4 Å². The van der Waals surface area contributed by atoms with Gasteiger partial charge in [0, 0.05) is 19.2 Å². The molecule has 0 spiro atoms. The van der Waals surface area contributed by atoms with Gasteiger partial charge in [0.25, 0.3) is 11.6 Å². The molecule has 124 valence electrons. The third kappa shape index (κ3) is 5.10. The van der Waals surface area contributed by atoms with Crippen molar-refractivity contribution in [3.63, 3.8) is 0 Å². The summed E-state index contributed by atoms with van der Waals surface area (Å²) in [6.45, 7) is 7.69. The number of anilines is 1. The lowest BCUT2D eigenvalue weighted by molar-refractivity contribution is -0.383. The van der Waals surface area contributed by atoms with Crippen molar-refractivity contribution in [1.82, 2.24) is 4.90 Å². The van der Waals surface area contributed by atoms with E-state index in [1.165, 1.54) is 17.0 Å². The van der Waals surface area contributed by atoms with Gasteiger partial charge in [0.15, 0.2) is 6.61 Å². The van der Waals surface area contributed by atoms with Gasteiger partial charge in [-0.3, -0.25) is 14.9 Å². The summed E-state index contributed by atoms with van der Waals surface area (Å²) < 4.78 is 4.91. The van der Waals surface area contributed by atoms with E-state index in [1.807, 2.05) is 0 Å². The second-order valence-electron chi connectivity index (χ2n) is 4.97. The van der Waals surface area contributed by atoms with Crippen molar-refractivity contribution in [2.45, 2.75) is 13.8 Å². The number of nitrogens with zero attached hydrogens (tertiary/aromatic N) is 2. The molecular weight excluding hydrogens is 302 g/mol. The van der Waals surface area contributed by atoms with Crippen LogP contribution in [-0.2, 0) is 9.53 Å². The SMILES string of the molecule is C=C(C)CN(CC)C(=O)COC(=O)c1ccc(N)c([N+](=O)[O-])c1. The number of nitrogens with two attached hydrogens (primary N) is 1. The van der Waals surface area contributed by atoms with Gasteiger partial charge in [0.1, 0.15) is 5.69 Å². The molecule has 0 fully saturated rings. The van der Waals surface area contributed by atoms with Gasteiger partial charge >= 0.3 is 5.97 Å². The van der Waals surface area contributed by atoms with E-state index in [1.54, 1.807) is 13.8 Å². The van der Waals surface area contributed by atoms with Crippen LogP contribution in [0.3, 0.4) is 0 Å². The molecule has 0 bridgehead atoms. The van der Waals surface area contributed by atoms with Gasteiger partial charge in [-0.1, -0.05) is 12.2 Å². The molecule has 23 heavy (non-hydrogen) atoms. The molecule has 2 N–H and O–H groups in total. The Morgan fingerprint density at radius 2 is 2.09 bits per heavy atom. The van der Waals surface area contributed by atoms with Crippen molar-refractivity contribution >= 4 is 23.3 Å². The Morgan fingerprint density at radius 3 is 2.61 bits per heavy atom. The maximum Gasteiger partial charge on any atom is 0.338 e. The minimum atomic E-state index is -0.826. The van der Waals surface area contributed by atoms with Gasteiger partial charge in [-0.15, -0.1) is 0 Å². The second kappa shape index (κ2) is 7.92. The van der Waals surface area contributed by atoms with Crippen molar-refractivity contribution in [2.24, 2.45) is 0 Å². The second-order valence-corrected chi connectivity index (χ2v) is 4.97. The monoisotopic (exact) mass is 321 g/mol. The van der Waals surface area contributed by atoms with Gasteiger partial charge in [-0.2, -0.15) is 0 Å². The highest BCUT2D eigenvalue weighted by Gasteiger charge is 2.19. The molecular formula is C15H19N3O5. The standard InChI is InChI=1S/C15H19N3O5/c1-4-17(8-10(2)3)14(19)9-23-15(20)11-5-6-12(16)13(7-11)18(21)22/h5-7H,2,4,8-9,16H2,1,3H3. The van der Waals surface area contributed by atoms with Crippen LogP contribution < -0.4 is 5.73 Å². The van der Waals surface area contributed by atoms with E-state index in [9.17, 15) is 19.7 Å². The Bertz CT molecular complexity index is 642. The average Bonchev–Trinajstić information content (AvgIpc) is 2.49. The molecule has 0 aliphatic rings. The summed E-state index contributed by atoms with van der Waals surface area (Å²) in [4.78, 5) is 35.4. The van der Waals surface area contributed by atoms with Crippen molar-refractivity contribution in [3.05, 3.63) is 46.0 Å². The maximum absolute atomic E-state index is 12.0. The van der Waals surface area contributed by atoms with E-state index in [4.69, 9.17) is 10.5 Å². The molecule has 0 aliphatic heterocycles. The summed E-state index contributed by atoms with van der Waals surface area (Å²) in [7, 11) is 0. The van der Waals surface area contributed by atoms with Crippen LogP contribution in [0.2, 0.25) is 0 Å². The smallest absolute Gasteiger partial charge is 0.338 e. The number of nitrogen functional groups attached to an aromatic ring is 1. The van der Waals surface area contributed by atoms with Crippen LogP contribution in [0.15, 0.2) is 30.4 Å². The quantitative estimate of drug-likeness (QED) is 0.269. The number of ether oxygens (including phenoxy) is 1. The number of benzene rings is 1. The molecule has 0 saturated carbocycles. The Morgan fingerprint density at radius 1 is 1.43 bits per heavy atom. The summed E-state index contributed by atoms with van der Waals surface area (Å²) in [6, 6.07) is 3.57. The molecule has 0 radical (unpaired) electrons. The first-order valence-electron chi connectivity index (χ1n) is 6.89. The van der Waals surface area contributed by atoms with E-state index >= 15 is 0 Å². The first-order chi connectivity index (χ1) is 10.8. The Kier molecular flexibility index (Phi) is 6.25. The molecule has 0 heterocycles. The lowest BCUT2D eigenvalue weighted by atomic mass is 10.2. The third-order valence-corrected chi connectivity index (χ3v) is 2.98. The van der Waals surface area contributed by atoms with Crippen LogP contribution >= 0.6 is 0 Å². The summed E-state index contributed by atoms with van der Waals surface area (Å²) in [5, 5.41) is 10.8. The average molecular weight is 321 g/mol. The van der Waals surface area contributed by atoms with Crippen LogP contribution in [0.25, 0.3) is 0 Å². The van der Waals surface area contributed by atoms with E-state index in [0.29, 0.717) is 13.1 Å². The number of nitro benzene ring substituents is 1. The molecule has 0 atom stereocenters. The molecule has 0 saturated heterocycles. The summed E-state index contributed by atoms with van der Waals surface area (Å²) in [6.07, 6.45) is 0. The fourth-order valence-electron chi connectivity index (χ4n) is 1.83. The summed E-state index contributed by atoms with van der Waals surface area (Å²) in [5.74, 6) is -1.19. The Hall–Kier alpha value is -2.90. The number of likely N-dealkylation sites (N-methyl/N-ethyl adjacent to an activating group) is 1. The predicted octanol–water partition coefficient (Wildman–Crippen LogP) is 1.76. The molecule has 1 amide bonds. The van der Waals surface area contributed by atoms with E-state index in [-0.39, 0.29) is 22.8 Å². The minimum Gasteiger partial charge on any atom is -0.452 e. The maximum atomic E-state index is 12.0. The van der Waals surface area contributed by atoms with Crippen LogP contribution in [0.4, 0.5) is 11.4 Å². The third-order valence-electron chi connectivity index (χ3n) is 2.98.